The molecule has 3 rings (SSSR count). The molecule has 10 heteroatoms. The Hall–Kier alpha value is -3.79. The van der Waals surface area contributed by atoms with Gasteiger partial charge in [-0.15, -0.1) is 10.2 Å². The number of benzene rings is 2. The predicted octanol–water partition coefficient (Wildman–Crippen LogP) is 4.99. The van der Waals surface area contributed by atoms with E-state index in [0.29, 0.717) is 36.7 Å². The van der Waals surface area contributed by atoms with Crippen LogP contribution in [0.1, 0.15) is 45.1 Å². The minimum absolute atomic E-state index is 0.00655. The zero-order valence-corrected chi connectivity index (χ0v) is 21.3. The molecule has 198 valence electrons. The van der Waals surface area contributed by atoms with Crippen LogP contribution in [-0.2, 0) is 25.5 Å². The molecule has 0 saturated carbocycles. The van der Waals surface area contributed by atoms with E-state index in [1.807, 2.05) is 25.1 Å². The molecule has 0 amide bonds. The van der Waals surface area contributed by atoms with E-state index in [1.165, 1.54) is 12.1 Å². The van der Waals surface area contributed by atoms with Crippen molar-refractivity contribution in [2.75, 3.05) is 26.4 Å². The molecule has 0 saturated heterocycles. The van der Waals surface area contributed by atoms with Crippen molar-refractivity contribution in [3.63, 3.8) is 0 Å². The second kappa shape index (κ2) is 14.7. The van der Waals surface area contributed by atoms with Crippen LogP contribution in [0.5, 0.6) is 5.75 Å². The maximum absolute atomic E-state index is 13.3. The second-order valence-electron chi connectivity index (χ2n) is 7.98. The van der Waals surface area contributed by atoms with Crippen molar-refractivity contribution in [2.24, 2.45) is 5.16 Å². The van der Waals surface area contributed by atoms with Gasteiger partial charge in [0.05, 0.1) is 6.61 Å². The van der Waals surface area contributed by atoms with Crippen LogP contribution in [0.4, 0.5) is 4.39 Å². The van der Waals surface area contributed by atoms with Gasteiger partial charge in [0.15, 0.2) is 11.8 Å². The summed E-state index contributed by atoms with van der Waals surface area (Å²) in [6.45, 7) is 6.73. The summed E-state index contributed by atoms with van der Waals surface area (Å²) < 4.78 is 35.7. The van der Waals surface area contributed by atoms with Crippen LogP contribution in [0.15, 0.2) is 58.1 Å². The molecule has 1 aromatic heterocycles. The second-order valence-corrected chi connectivity index (χ2v) is 7.98. The third kappa shape index (κ3) is 8.68. The van der Waals surface area contributed by atoms with E-state index in [0.717, 1.165) is 18.4 Å². The van der Waals surface area contributed by atoms with Gasteiger partial charge in [-0.1, -0.05) is 30.6 Å². The summed E-state index contributed by atoms with van der Waals surface area (Å²) >= 11 is 0. The first-order chi connectivity index (χ1) is 18.0. The highest BCUT2D eigenvalue weighted by atomic mass is 19.1. The molecule has 0 aliphatic heterocycles. The van der Waals surface area contributed by atoms with E-state index < -0.39 is 12.1 Å². The van der Waals surface area contributed by atoms with Crippen LogP contribution in [-0.4, -0.2) is 54.4 Å². The van der Waals surface area contributed by atoms with Gasteiger partial charge in [-0.2, -0.15) is 0 Å². The first-order valence-corrected chi connectivity index (χ1v) is 12.3. The van der Waals surface area contributed by atoms with Crippen LogP contribution < -0.4 is 4.74 Å². The van der Waals surface area contributed by atoms with E-state index in [1.54, 1.807) is 25.1 Å². The molecule has 0 aliphatic carbocycles. The SMILES string of the molecule is CCCCO/N=C(\COc1cccc(CC(OCC)C(=O)OCC)c1)c1nnc(-c2ccc(F)cc2)o1. The highest BCUT2D eigenvalue weighted by molar-refractivity contribution is 5.97. The summed E-state index contributed by atoms with van der Waals surface area (Å²) in [7, 11) is 0. The van der Waals surface area contributed by atoms with E-state index in [9.17, 15) is 9.18 Å². The Morgan fingerprint density at radius 2 is 1.89 bits per heavy atom. The lowest BCUT2D eigenvalue weighted by Crippen LogP contribution is -2.29. The average Bonchev–Trinajstić information content (AvgIpc) is 3.39. The number of nitrogens with zero attached hydrogens (tertiary/aromatic N) is 3. The molecule has 0 spiro atoms. The zero-order chi connectivity index (χ0) is 26.5. The summed E-state index contributed by atoms with van der Waals surface area (Å²) in [5.74, 6) is 0.143. The van der Waals surface area contributed by atoms with Crippen molar-refractivity contribution >= 4 is 11.7 Å². The van der Waals surface area contributed by atoms with E-state index >= 15 is 0 Å². The molecule has 0 N–H and O–H groups in total. The molecule has 3 aromatic rings. The van der Waals surface area contributed by atoms with Crippen LogP contribution in [0, 0.1) is 5.82 Å². The number of esters is 1. The average molecular weight is 514 g/mol. The topological polar surface area (TPSA) is 105 Å². The van der Waals surface area contributed by atoms with Gasteiger partial charge in [0, 0.05) is 18.6 Å². The van der Waals surface area contributed by atoms with Crippen LogP contribution in [0.3, 0.4) is 0 Å². The van der Waals surface area contributed by atoms with Crippen LogP contribution in [0.25, 0.3) is 11.5 Å². The maximum Gasteiger partial charge on any atom is 0.335 e. The summed E-state index contributed by atoms with van der Waals surface area (Å²) in [5.41, 5.74) is 1.73. The summed E-state index contributed by atoms with van der Waals surface area (Å²) in [6.07, 6.45) is 1.44. The van der Waals surface area contributed by atoms with Gasteiger partial charge < -0.3 is 23.5 Å². The number of hydrogen-bond acceptors (Lipinski definition) is 9. The lowest BCUT2D eigenvalue weighted by atomic mass is 10.1. The predicted molar refractivity (Wildman–Crippen MR) is 135 cm³/mol. The molecule has 9 nitrogen and oxygen atoms in total. The smallest absolute Gasteiger partial charge is 0.335 e. The lowest BCUT2D eigenvalue weighted by molar-refractivity contribution is -0.156. The monoisotopic (exact) mass is 513 g/mol. The van der Waals surface area contributed by atoms with Crippen LogP contribution in [0.2, 0.25) is 0 Å². The molecule has 1 unspecified atom stereocenters. The largest absolute Gasteiger partial charge is 0.487 e. The third-order valence-corrected chi connectivity index (χ3v) is 5.14. The summed E-state index contributed by atoms with van der Waals surface area (Å²) in [6, 6.07) is 13.0. The Labute approximate surface area is 215 Å². The van der Waals surface area contributed by atoms with E-state index in [2.05, 4.69) is 22.3 Å². The number of halogens is 1. The molecular formula is C27H32FN3O6. The normalized spacial score (nSPS) is 12.3. The van der Waals surface area contributed by atoms with Gasteiger partial charge in [-0.05, 0) is 62.2 Å². The molecular weight excluding hydrogens is 481 g/mol. The molecule has 0 bridgehead atoms. The fraction of sp³-hybridized carbons (Fsp3) is 0.407. The van der Waals surface area contributed by atoms with E-state index in [-0.39, 0.29) is 30.8 Å². The number of aromatic nitrogens is 2. The quantitative estimate of drug-likeness (QED) is 0.121. The summed E-state index contributed by atoms with van der Waals surface area (Å²) in [4.78, 5) is 17.6. The van der Waals surface area contributed by atoms with Crippen molar-refractivity contribution in [1.29, 1.82) is 0 Å². The highest BCUT2D eigenvalue weighted by Gasteiger charge is 2.21. The van der Waals surface area contributed by atoms with Gasteiger partial charge in [0.2, 0.25) is 5.89 Å². The molecule has 0 aliphatic rings. The number of oxime groups is 1. The number of carbonyl (C=O) groups excluding carboxylic acids is 1. The van der Waals surface area contributed by atoms with Crippen molar-refractivity contribution in [3.05, 3.63) is 65.8 Å². The van der Waals surface area contributed by atoms with Gasteiger partial charge in [0.1, 0.15) is 24.8 Å². The van der Waals surface area contributed by atoms with Crippen molar-refractivity contribution in [2.45, 2.75) is 46.1 Å². The van der Waals surface area contributed by atoms with Gasteiger partial charge in [0.25, 0.3) is 5.89 Å². The third-order valence-electron chi connectivity index (χ3n) is 5.14. The number of ether oxygens (including phenoxy) is 3. The molecule has 37 heavy (non-hydrogen) atoms. The Bertz CT molecular complexity index is 1150. The number of unbranched alkanes of at least 4 members (excludes halogenated alkanes) is 1. The fourth-order valence-electron chi connectivity index (χ4n) is 3.28. The first-order valence-electron chi connectivity index (χ1n) is 12.3. The Balaban J connectivity index is 1.73. The number of hydrogen-bond donors (Lipinski definition) is 0. The van der Waals surface area contributed by atoms with Gasteiger partial charge >= 0.3 is 5.97 Å². The van der Waals surface area contributed by atoms with Crippen LogP contribution >= 0.6 is 0 Å². The maximum atomic E-state index is 13.3. The van der Waals surface area contributed by atoms with Crippen molar-refractivity contribution in [1.82, 2.24) is 10.2 Å². The van der Waals surface area contributed by atoms with Crippen molar-refractivity contribution in [3.8, 4) is 17.2 Å². The Kier molecular flexibility index (Phi) is 11.0. The van der Waals surface area contributed by atoms with Gasteiger partial charge in [-0.25, -0.2) is 9.18 Å². The Morgan fingerprint density at radius 3 is 2.62 bits per heavy atom. The molecule has 0 radical (unpaired) electrons. The number of rotatable bonds is 15. The summed E-state index contributed by atoms with van der Waals surface area (Å²) in [5, 5.41) is 12.3. The zero-order valence-electron chi connectivity index (χ0n) is 21.3. The standard InChI is InChI=1S/C27H32FN3O6/c1-4-7-15-36-31-23(26-30-29-25(37-26)20-11-13-21(28)14-12-20)18-35-22-10-8-9-19(16-22)17-24(33-5-2)27(32)34-6-3/h8-14,16,24H,4-7,15,17-18H2,1-3H3/b31-23+. The van der Waals surface area contributed by atoms with Crippen molar-refractivity contribution < 1.29 is 32.7 Å². The molecule has 0 fully saturated rings. The lowest BCUT2D eigenvalue weighted by Gasteiger charge is -2.16. The molecule has 1 heterocycles. The highest BCUT2D eigenvalue weighted by Crippen LogP contribution is 2.20. The minimum Gasteiger partial charge on any atom is -0.487 e. The minimum atomic E-state index is -0.701. The fourth-order valence-corrected chi connectivity index (χ4v) is 3.28. The first kappa shape index (κ1) is 27.8. The van der Waals surface area contributed by atoms with E-state index in [4.69, 9.17) is 23.5 Å². The van der Waals surface area contributed by atoms with Gasteiger partial charge in [-0.3, -0.25) is 0 Å². The molecule has 1 atom stereocenters. The number of carbonyl (C=O) groups is 1. The Morgan fingerprint density at radius 1 is 1.08 bits per heavy atom. The molecule has 2 aromatic carbocycles.